The second kappa shape index (κ2) is 6.51. The van der Waals surface area contributed by atoms with Crippen LogP contribution in [0.4, 0.5) is 5.69 Å². The Balaban J connectivity index is 1.80. The van der Waals surface area contributed by atoms with Gasteiger partial charge in [0.15, 0.2) is 5.11 Å². The molecule has 2 aromatic heterocycles. The molecule has 0 bridgehead atoms. The number of thiocarbonyl (C=S) groups is 1. The molecule has 0 radical (unpaired) electrons. The van der Waals surface area contributed by atoms with Crippen molar-refractivity contribution in [3.8, 4) is 0 Å². The fraction of sp³-hybridized carbons (Fsp3) is 0.111. The maximum Gasteiger partial charge on any atom is 0.174 e. The van der Waals surface area contributed by atoms with Crippen LogP contribution in [0.2, 0.25) is 5.02 Å². The van der Waals surface area contributed by atoms with Crippen molar-refractivity contribution in [1.29, 1.82) is 0 Å². The Kier molecular flexibility index (Phi) is 4.22. The highest BCUT2D eigenvalue weighted by molar-refractivity contribution is 7.80. The fourth-order valence-electron chi connectivity index (χ4n) is 2.98. The van der Waals surface area contributed by atoms with E-state index >= 15 is 0 Å². The number of halogens is 1. The van der Waals surface area contributed by atoms with Crippen LogP contribution in [0.5, 0.6) is 0 Å². The number of aromatic nitrogens is 1. The first-order valence-corrected chi connectivity index (χ1v) is 9.20. The average Bonchev–Trinajstić information content (AvgIpc) is 3.24. The van der Waals surface area contributed by atoms with Crippen LogP contribution in [0.15, 0.2) is 66.2 Å². The van der Waals surface area contributed by atoms with E-state index in [4.69, 9.17) is 23.8 Å². The summed E-state index contributed by atoms with van der Waals surface area (Å²) in [5.74, 6) is 0. The van der Waals surface area contributed by atoms with E-state index in [0.29, 0.717) is 10.1 Å². The van der Waals surface area contributed by atoms with Gasteiger partial charge in [0.05, 0.1) is 17.8 Å². The zero-order chi connectivity index (χ0) is 16.5. The fourth-order valence-corrected chi connectivity index (χ4v) is 4.31. The monoisotopic (exact) mass is 371 g/mol. The van der Waals surface area contributed by atoms with Gasteiger partial charge in [-0.1, -0.05) is 23.7 Å². The minimum Gasteiger partial charge on any atom is -0.351 e. The highest BCUT2D eigenvalue weighted by atomic mass is 35.5. The van der Waals surface area contributed by atoms with E-state index in [9.17, 15) is 0 Å². The third kappa shape index (κ3) is 2.79. The van der Waals surface area contributed by atoms with E-state index in [0.717, 1.165) is 11.4 Å². The van der Waals surface area contributed by atoms with Gasteiger partial charge >= 0.3 is 0 Å². The van der Waals surface area contributed by atoms with Crippen molar-refractivity contribution in [3.05, 3.63) is 81.8 Å². The number of nitrogens with one attached hydrogen (secondary N) is 1. The van der Waals surface area contributed by atoms with E-state index in [2.05, 4.69) is 32.7 Å². The van der Waals surface area contributed by atoms with Crippen molar-refractivity contribution in [1.82, 2.24) is 10.3 Å². The molecule has 4 rings (SSSR count). The molecule has 24 heavy (non-hydrogen) atoms. The van der Waals surface area contributed by atoms with Gasteiger partial charge in [-0.05, 0) is 60.1 Å². The summed E-state index contributed by atoms with van der Waals surface area (Å²) in [6.45, 7) is 0. The Labute approximate surface area is 154 Å². The SMILES string of the molecule is S=C1NC(c2ccccn2)C(c2cccs2)N1c1ccc(Cl)cc1. The summed E-state index contributed by atoms with van der Waals surface area (Å²) in [7, 11) is 0. The molecular formula is C18H14ClN3S2. The zero-order valence-corrected chi connectivity index (χ0v) is 15.0. The Morgan fingerprint density at radius 3 is 2.58 bits per heavy atom. The first-order valence-electron chi connectivity index (χ1n) is 7.53. The second-order valence-corrected chi connectivity index (χ2v) is 7.29. The molecule has 1 aromatic carbocycles. The molecule has 0 aliphatic carbocycles. The van der Waals surface area contributed by atoms with Gasteiger partial charge in [-0.25, -0.2) is 0 Å². The van der Waals surface area contributed by atoms with Crippen molar-refractivity contribution >= 4 is 46.0 Å². The quantitative estimate of drug-likeness (QED) is 0.657. The summed E-state index contributed by atoms with van der Waals surface area (Å²) in [5.41, 5.74) is 2.00. The molecule has 120 valence electrons. The molecule has 3 nitrogen and oxygen atoms in total. The molecule has 1 saturated heterocycles. The van der Waals surface area contributed by atoms with Gasteiger partial charge in [-0.2, -0.15) is 0 Å². The van der Waals surface area contributed by atoms with Gasteiger partial charge in [0.2, 0.25) is 0 Å². The highest BCUT2D eigenvalue weighted by Crippen LogP contribution is 2.42. The lowest BCUT2D eigenvalue weighted by molar-refractivity contribution is 0.575. The molecular weight excluding hydrogens is 358 g/mol. The average molecular weight is 372 g/mol. The molecule has 1 aliphatic heterocycles. The molecule has 1 N–H and O–H groups in total. The van der Waals surface area contributed by atoms with Gasteiger partial charge < -0.3 is 10.2 Å². The third-order valence-electron chi connectivity index (χ3n) is 4.04. The predicted octanol–water partition coefficient (Wildman–Crippen LogP) is 4.97. The number of rotatable bonds is 3. The lowest BCUT2D eigenvalue weighted by atomic mass is 10.0. The van der Waals surface area contributed by atoms with Gasteiger partial charge in [0, 0.05) is 21.8 Å². The van der Waals surface area contributed by atoms with E-state index in [1.54, 1.807) is 11.3 Å². The maximum atomic E-state index is 6.04. The highest BCUT2D eigenvalue weighted by Gasteiger charge is 2.41. The van der Waals surface area contributed by atoms with Crippen molar-refractivity contribution in [3.63, 3.8) is 0 Å². The second-order valence-electron chi connectivity index (χ2n) is 5.49. The summed E-state index contributed by atoms with van der Waals surface area (Å²) in [6.07, 6.45) is 1.82. The topological polar surface area (TPSA) is 28.2 Å². The minimum atomic E-state index is 0.00743. The third-order valence-corrected chi connectivity index (χ3v) is 5.55. The molecule has 2 unspecified atom stereocenters. The van der Waals surface area contributed by atoms with E-state index in [1.807, 2.05) is 48.7 Å². The van der Waals surface area contributed by atoms with Gasteiger partial charge in [-0.15, -0.1) is 11.3 Å². The van der Waals surface area contributed by atoms with Crippen molar-refractivity contribution in [2.75, 3.05) is 4.90 Å². The number of anilines is 1. The summed E-state index contributed by atoms with van der Waals surface area (Å²) in [5, 5.41) is 6.94. The van der Waals surface area contributed by atoms with Crippen LogP contribution >= 0.6 is 35.2 Å². The number of hydrogen-bond acceptors (Lipinski definition) is 3. The number of pyridine rings is 1. The first kappa shape index (κ1) is 15.6. The molecule has 6 heteroatoms. The first-order chi connectivity index (χ1) is 11.7. The summed E-state index contributed by atoms with van der Waals surface area (Å²) in [4.78, 5) is 7.93. The van der Waals surface area contributed by atoms with Crippen molar-refractivity contribution < 1.29 is 0 Å². The van der Waals surface area contributed by atoms with Crippen LogP contribution in [-0.4, -0.2) is 10.1 Å². The van der Waals surface area contributed by atoms with Crippen LogP contribution in [0, 0.1) is 0 Å². The van der Waals surface area contributed by atoms with Gasteiger partial charge in [-0.3, -0.25) is 4.98 Å². The largest absolute Gasteiger partial charge is 0.351 e. The van der Waals surface area contributed by atoms with Crippen LogP contribution in [0.1, 0.15) is 22.7 Å². The van der Waals surface area contributed by atoms with Crippen molar-refractivity contribution in [2.45, 2.75) is 12.1 Å². The van der Waals surface area contributed by atoms with Crippen LogP contribution in [0.25, 0.3) is 0 Å². The Morgan fingerprint density at radius 1 is 1.08 bits per heavy atom. The van der Waals surface area contributed by atoms with E-state index in [1.165, 1.54) is 4.88 Å². The molecule has 1 fully saturated rings. The lowest BCUT2D eigenvalue weighted by Crippen LogP contribution is -2.28. The predicted molar refractivity (Wildman–Crippen MR) is 104 cm³/mol. The van der Waals surface area contributed by atoms with E-state index < -0.39 is 0 Å². The van der Waals surface area contributed by atoms with Crippen molar-refractivity contribution in [2.24, 2.45) is 0 Å². The smallest absolute Gasteiger partial charge is 0.174 e. The normalized spacial score (nSPS) is 20.2. The molecule has 1 aliphatic rings. The zero-order valence-electron chi connectivity index (χ0n) is 12.6. The Bertz CT molecular complexity index is 834. The summed E-state index contributed by atoms with van der Waals surface area (Å²) in [6, 6.07) is 18.0. The van der Waals surface area contributed by atoms with Crippen LogP contribution in [0.3, 0.4) is 0 Å². The van der Waals surface area contributed by atoms with E-state index in [-0.39, 0.29) is 12.1 Å². The maximum absolute atomic E-state index is 6.04. The van der Waals surface area contributed by atoms with Crippen LogP contribution in [-0.2, 0) is 0 Å². The Morgan fingerprint density at radius 2 is 1.92 bits per heavy atom. The van der Waals surface area contributed by atoms with Crippen LogP contribution < -0.4 is 10.2 Å². The van der Waals surface area contributed by atoms with Gasteiger partial charge in [0.25, 0.3) is 0 Å². The number of hydrogen-bond donors (Lipinski definition) is 1. The van der Waals surface area contributed by atoms with Gasteiger partial charge in [0.1, 0.15) is 0 Å². The number of thiophene rings is 1. The molecule has 2 atom stereocenters. The minimum absolute atomic E-state index is 0.00743. The number of benzene rings is 1. The Hall–Kier alpha value is -1.95. The molecule has 3 aromatic rings. The molecule has 0 amide bonds. The lowest BCUT2D eigenvalue weighted by Gasteiger charge is -2.26. The number of nitrogens with zero attached hydrogens (tertiary/aromatic N) is 2. The molecule has 0 saturated carbocycles. The molecule has 0 spiro atoms. The summed E-state index contributed by atoms with van der Waals surface area (Å²) < 4.78 is 0. The molecule has 3 heterocycles. The summed E-state index contributed by atoms with van der Waals surface area (Å²) >= 11 is 13.4. The standard InChI is InChI=1S/C18H14ClN3S2/c19-12-6-8-13(9-7-12)22-17(15-5-3-11-24-15)16(21-18(22)23)14-4-1-2-10-20-14/h1-11,16-17H,(H,21,23).